The maximum atomic E-state index is 13.9. The maximum absolute atomic E-state index is 13.9. The number of thiocarbonyl (C=S) groups is 1. The van der Waals surface area contributed by atoms with E-state index in [4.69, 9.17) is 21.7 Å². The number of rotatable bonds is 6. The molecule has 0 saturated heterocycles. The highest BCUT2D eigenvalue weighted by molar-refractivity contribution is 7.78. The molecule has 1 aliphatic carbocycles. The molecule has 2 atom stereocenters. The maximum Gasteiger partial charge on any atom is 0.165 e. The van der Waals surface area contributed by atoms with Crippen LogP contribution >= 0.6 is 12.2 Å². The van der Waals surface area contributed by atoms with Crippen molar-refractivity contribution in [2.24, 2.45) is 4.99 Å². The zero-order valence-electron chi connectivity index (χ0n) is 14.8. The van der Waals surface area contributed by atoms with E-state index in [1.54, 1.807) is 6.07 Å². The molecule has 2 aromatic carbocycles. The highest BCUT2D eigenvalue weighted by Gasteiger charge is 2.21. The van der Waals surface area contributed by atoms with Crippen molar-refractivity contribution < 1.29 is 13.9 Å². The van der Waals surface area contributed by atoms with E-state index in [1.165, 1.54) is 13.2 Å². The summed E-state index contributed by atoms with van der Waals surface area (Å²) in [6.07, 6.45) is 4.37. The summed E-state index contributed by atoms with van der Waals surface area (Å²) in [7, 11) is 1.46. The van der Waals surface area contributed by atoms with Gasteiger partial charge in [0.05, 0.1) is 31.0 Å². The monoisotopic (exact) mass is 371 g/mol. The number of hydrogen-bond acceptors (Lipinski definition) is 4. The molecule has 0 N–H and O–H groups in total. The minimum atomic E-state index is -0.358. The zero-order chi connectivity index (χ0) is 18.4. The van der Waals surface area contributed by atoms with Gasteiger partial charge in [-0.25, -0.2) is 9.38 Å². The average Bonchev–Trinajstić information content (AvgIpc) is 2.67. The van der Waals surface area contributed by atoms with Crippen molar-refractivity contribution >= 4 is 17.4 Å². The molecule has 0 unspecified atom stereocenters. The van der Waals surface area contributed by atoms with Crippen LogP contribution in [0.5, 0.6) is 5.75 Å². The van der Waals surface area contributed by atoms with Gasteiger partial charge in [0.15, 0.2) is 11.6 Å². The SMILES string of the molecule is COc1ccc(-c2ccc(CO[C@H]3CCC[C@@H](N=C=S)C3)cc2)cc1F. The molecule has 0 spiro atoms. The molecule has 5 heteroatoms. The van der Waals surface area contributed by atoms with Gasteiger partial charge in [0.25, 0.3) is 0 Å². The predicted octanol–water partition coefficient (Wildman–Crippen LogP) is 5.43. The summed E-state index contributed by atoms with van der Waals surface area (Å²) in [4.78, 5) is 4.20. The molecule has 0 radical (unpaired) electrons. The lowest BCUT2D eigenvalue weighted by Gasteiger charge is -2.26. The van der Waals surface area contributed by atoms with Gasteiger partial charge >= 0.3 is 0 Å². The summed E-state index contributed by atoms with van der Waals surface area (Å²) in [6.45, 7) is 0.565. The molecule has 0 heterocycles. The zero-order valence-corrected chi connectivity index (χ0v) is 15.6. The first-order chi connectivity index (χ1) is 12.7. The Labute approximate surface area is 158 Å². The number of halogens is 1. The van der Waals surface area contributed by atoms with Crippen molar-refractivity contribution in [1.29, 1.82) is 0 Å². The third-order valence-corrected chi connectivity index (χ3v) is 4.86. The molecular formula is C21H22FNO2S. The average molecular weight is 371 g/mol. The topological polar surface area (TPSA) is 30.8 Å². The summed E-state index contributed by atoms with van der Waals surface area (Å²) in [5.41, 5.74) is 2.88. The fraction of sp³-hybridized carbons (Fsp3) is 0.381. The Bertz CT molecular complexity index is 787. The standard InChI is InChI=1S/C21H22FNO2S/c1-24-21-10-9-17(11-20(21)22)16-7-5-15(6-8-16)13-25-19-4-2-3-18(12-19)23-14-26/h5-11,18-19H,2-4,12-13H2,1H3/t18-,19+/m1/s1. The predicted molar refractivity (Wildman–Crippen MR) is 104 cm³/mol. The first kappa shape index (κ1) is 18.7. The molecule has 136 valence electrons. The van der Waals surface area contributed by atoms with Gasteiger partial charge in [0.1, 0.15) is 0 Å². The second-order valence-corrected chi connectivity index (χ2v) is 6.70. The minimum absolute atomic E-state index is 0.219. The Morgan fingerprint density at radius 1 is 1.15 bits per heavy atom. The van der Waals surface area contributed by atoms with Crippen molar-refractivity contribution in [1.82, 2.24) is 0 Å². The molecule has 0 aliphatic heterocycles. The number of ether oxygens (including phenoxy) is 2. The molecule has 0 amide bonds. The number of hydrogen-bond donors (Lipinski definition) is 0. The number of isothiocyanates is 1. The molecule has 0 aromatic heterocycles. The van der Waals surface area contributed by atoms with Crippen LogP contribution < -0.4 is 4.74 Å². The van der Waals surface area contributed by atoms with Crippen LogP contribution in [0.15, 0.2) is 47.5 Å². The summed E-state index contributed by atoms with van der Waals surface area (Å²) in [5, 5.41) is 2.48. The van der Waals surface area contributed by atoms with Gasteiger partial charge in [-0.2, -0.15) is 0 Å². The Morgan fingerprint density at radius 3 is 2.62 bits per heavy atom. The van der Waals surface area contributed by atoms with Gasteiger partial charge in [-0.15, -0.1) is 0 Å². The van der Waals surface area contributed by atoms with Gasteiger partial charge < -0.3 is 9.47 Å². The van der Waals surface area contributed by atoms with E-state index in [9.17, 15) is 4.39 Å². The smallest absolute Gasteiger partial charge is 0.165 e. The molecule has 1 saturated carbocycles. The van der Waals surface area contributed by atoms with Crippen molar-refractivity contribution in [3.63, 3.8) is 0 Å². The van der Waals surface area contributed by atoms with E-state index in [-0.39, 0.29) is 23.7 Å². The fourth-order valence-corrected chi connectivity index (χ4v) is 3.47. The Morgan fingerprint density at radius 2 is 1.92 bits per heavy atom. The normalized spacial score (nSPS) is 19.6. The second-order valence-electron chi connectivity index (χ2n) is 6.52. The first-order valence-electron chi connectivity index (χ1n) is 8.81. The summed E-state index contributed by atoms with van der Waals surface area (Å²) in [6, 6.07) is 13.2. The van der Waals surface area contributed by atoms with Gasteiger partial charge in [-0.1, -0.05) is 30.3 Å². The number of aliphatic imine (C=N–C) groups is 1. The lowest BCUT2D eigenvalue weighted by molar-refractivity contribution is 0.0125. The number of benzene rings is 2. The van der Waals surface area contributed by atoms with Gasteiger partial charge in [0.2, 0.25) is 0 Å². The quantitative estimate of drug-likeness (QED) is 0.501. The second kappa shape index (κ2) is 9.04. The van der Waals surface area contributed by atoms with Crippen molar-refractivity contribution in [2.75, 3.05) is 7.11 Å². The largest absolute Gasteiger partial charge is 0.494 e. The highest BCUT2D eigenvalue weighted by Crippen LogP contribution is 2.27. The summed E-state index contributed by atoms with van der Waals surface area (Å²) >= 11 is 4.70. The van der Waals surface area contributed by atoms with Crippen LogP contribution in [0.25, 0.3) is 11.1 Å². The number of methoxy groups -OCH3 is 1. The van der Waals surface area contributed by atoms with Gasteiger partial charge in [-0.3, -0.25) is 0 Å². The lowest BCUT2D eigenvalue weighted by Crippen LogP contribution is -2.24. The van der Waals surface area contributed by atoms with E-state index in [2.05, 4.69) is 10.2 Å². The van der Waals surface area contributed by atoms with Crippen LogP contribution in [0.3, 0.4) is 0 Å². The van der Waals surface area contributed by atoms with Crippen LogP contribution in [-0.4, -0.2) is 24.4 Å². The first-order valence-corrected chi connectivity index (χ1v) is 9.22. The molecule has 2 aromatic rings. The van der Waals surface area contributed by atoms with E-state index in [1.807, 2.05) is 30.3 Å². The summed E-state index contributed by atoms with van der Waals surface area (Å²) in [5.74, 6) is -0.106. The minimum Gasteiger partial charge on any atom is -0.494 e. The van der Waals surface area contributed by atoms with E-state index >= 15 is 0 Å². The van der Waals surface area contributed by atoms with Crippen LogP contribution in [0.2, 0.25) is 0 Å². The van der Waals surface area contributed by atoms with Crippen LogP contribution in [0.1, 0.15) is 31.2 Å². The van der Waals surface area contributed by atoms with Crippen molar-refractivity contribution in [3.8, 4) is 16.9 Å². The Hall–Kier alpha value is -2.07. The fourth-order valence-electron chi connectivity index (χ4n) is 3.32. The molecule has 3 nitrogen and oxygen atoms in total. The summed E-state index contributed by atoms with van der Waals surface area (Å²) < 4.78 is 24.9. The molecule has 0 bridgehead atoms. The Balaban J connectivity index is 1.59. The lowest BCUT2D eigenvalue weighted by atomic mass is 9.93. The van der Waals surface area contributed by atoms with E-state index < -0.39 is 0 Å². The van der Waals surface area contributed by atoms with E-state index in [0.29, 0.717) is 6.61 Å². The third-order valence-electron chi connectivity index (χ3n) is 4.76. The van der Waals surface area contributed by atoms with Crippen molar-refractivity contribution in [2.45, 2.75) is 44.4 Å². The van der Waals surface area contributed by atoms with Crippen molar-refractivity contribution in [3.05, 3.63) is 53.8 Å². The van der Waals surface area contributed by atoms with Crippen LogP contribution in [-0.2, 0) is 11.3 Å². The molecule has 1 aliphatic rings. The number of nitrogens with zero attached hydrogens (tertiary/aromatic N) is 1. The van der Waals surface area contributed by atoms with E-state index in [0.717, 1.165) is 42.4 Å². The van der Waals surface area contributed by atoms with Gasteiger partial charge in [-0.05, 0) is 66.7 Å². The molecule has 1 fully saturated rings. The van der Waals surface area contributed by atoms with Crippen LogP contribution in [0, 0.1) is 5.82 Å². The highest BCUT2D eigenvalue weighted by atomic mass is 32.1. The molecule has 26 heavy (non-hydrogen) atoms. The third kappa shape index (κ3) is 4.76. The van der Waals surface area contributed by atoms with Crippen LogP contribution in [0.4, 0.5) is 4.39 Å². The Kier molecular flexibility index (Phi) is 6.51. The van der Waals surface area contributed by atoms with Gasteiger partial charge in [0, 0.05) is 0 Å². The molecular weight excluding hydrogens is 349 g/mol. The molecule has 3 rings (SSSR count).